The first-order chi connectivity index (χ1) is 10.2. The smallest absolute Gasteiger partial charge is 0.450 e. The molecule has 0 unspecified atom stereocenters. The van der Waals surface area contributed by atoms with Crippen LogP contribution in [0.2, 0.25) is 0 Å². The molecule has 0 spiro atoms. The molecule has 0 aliphatic carbocycles. The van der Waals surface area contributed by atoms with Gasteiger partial charge in [-0.25, -0.2) is 0 Å². The van der Waals surface area contributed by atoms with E-state index in [2.05, 4.69) is 9.73 Å². The zero-order valence-electron chi connectivity index (χ0n) is 12.4. The molecule has 0 radical (unpaired) electrons. The topological polar surface area (TPSA) is 42.2 Å². The summed E-state index contributed by atoms with van der Waals surface area (Å²) in [6, 6.07) is 8.09. The molecule has 1 heterocycles. The number of aryl methyl sites for hydroxylation is 1. The van der Waals surface area contributed by atoms with E-state index in [-0.39, 0.29) is 11.7 Å². The first kappa shape index (κ1) is 16.1. The number of benzene rings is 1. The number of alkyl halides is 3. The Morgan fingerprint density at radius 1 is 1.23 bits per heavy atom. The van der Waals surface area contributed by atoms with E-state index in [1.165, 1.54) is 6.92 Å². The number of amides is 1. The molecule has 0 atom stereocenters. The van der Waals surface area contributed by atoms with Crippen molar-refractivity contribution in [2.75, 3.05) is 5.32 Å². The molecule has 1 amide bonds. The van der Waals surface area contributed by atoms with Gasteiger partial charge in [0.25, 0.3) is 5.91 Å². The molecule has 0 aliphatic heterocycles. The van der Waals surface area contributed by atoms with Crippen molar-refractivity contribution in [1.82, 2.24) is 0 Å². The van der Waals surface area contributed by atoms with Gasteiger partial charge in [0.1, 0.15) is 5.76 Å². The molecule has 1 N–H and O–H groups in total. The molecule has 3 nitrogen and oxygen atoms in total. The van der Waals surface area contributed by atoms with Gasteiger partial charge in [0.15, 0.2) is 0 Å². The van der Waals surface area contributed by atoms with Crippen molar-refractivity contribution in [3.63, 3.8) is 0 Å². The monoisotopic (exact) mass is 311 g/mol. The molecule has 0 bridgehead atoms. The highest BCUT2D eigenvalue weighted by Gasteiger charge is 2.40. The van der Waals surface area contributed by atoms with Crippen LogP contribution in [0.5, 0.6) is 0 Å². The predicted octanol–water partition coefficient (Wildman–Crippen LogP) is 4.98. The van der Waals surface area contributed by atoms with E-state index in [1.54, 1.807) is 18.2 Å². The highest BCUT2D eigenvalue weighted by Crippen LogP contribution is 2.34. The molecule has 1 aromatic carbocycles. The van der Waals surface area contributed by atoms with Gasteiger partial charge >= 0.3 is 6.18 Å². The summed E-state index contributed by atoms with van der Waals surface area (Å²) in [4.78, 5) is 12.1. The zero-order valence-corrected chi connectivity index (χ0v) is 12.4. The van der Waals surface area contributed by atoms with Gasteiger partial charge in [-0.05, 0) is 36.6 Å². The second-order valence-electron chi connectivity index (χ2n) is 5.33. The average molecular weight is 311 g/mol. The lowest BCUT2D eigenvalue weighted by Gasteiger charge is -2.10. The lowest BCUT2D eigenvalue weighted by Crippen LogP contribution is -2.17. The van der Waals surface area contributed by atoms with E-state index in [4.69, 9.17) is 0 Å². The van der Waals surface area contributed by atoms with Gasteiger partial charge in [-0.2, -0.15) is 13.2 Å². The molecule has 6 heteroatoms. The summed E-state index contributed by atoms with van der Waals surface area (Å²) in [5.74, 6) is -1.83. The lowest BCUT2D eigenvalue weighted by molar-refractivity contribution is -0.153. The Kier molecular flexibility index (Phi) is 4.30. The number of halogens is 3. The number of anilines is 1. The minimum Gasteiger partial charge on any atom is -0.456 e. The van der Waals surface area contributed by atoms with Gasteiger partial charge in [0.2, 0.25) is 5.76 Å². The average Bonchev–Trinajstić information content (AvgIpc) is 2.81. The van der Waals surface area contributed by atoms with Gasteiger partial charge < -0.3 is 9.73 Å². The third-order valence-electron chi connectivity index (χ3n) is 3.17. The van der Waals surface area contributed by atoms with Gasteiger partial charge in [-0.15, -0.1) is 0 Å². The maximum atomic E-state index is 12.9. The van der Waals surface area contributed by atoms with Crippen LogP contribution in [0.15, 0.2) is 34.7 Å². The van der Waals surface area contributed by atoms with Gasteiger partial charge in [0.05, 0.1) is 5.56 Å². The standard InChI is InChI=1S/C16H16F3NO2/c1-9(2)11-5-4-6-12(8-11)20-15(21)13-7-10(3)22-14(13)16(17,18)19/h4-9H,1-3H3,(H,20,21). The summed E-state index contributed by atoms with van der Waals surface area (Å²) in [5, 5.41) is 2.48. The first-order valence-corrected chi connectivity index (χ1v) is 6.77. The van der Waals surface area contributed by atoms with Crippen molar-refractivity contribution in [3.05, 3.63) is 53.0 Å². The number of rotatable bonds is 3. The highest BCUT2D eigenvalue weighted by molar-refractivity contribution is 6.05. The maximum absolute atomic E-state index is 12.9. The molecule has 2 rings (SSSR count). The van der Waals surface area contributed by atoms with Crippen LogP contribution in [0.4, 0.5) is 18.9 Å². The van der Waals surface area contributed by atoms with Crippen molar-refractivity contribution in [3.8, 4) is 0 Å². The maximum Gasteiger partial charge on any atom is 0.450 e. The first-order valence-electron chi connectivity index (χ1n) is 6.77. The Bertz CT molecular complexity index is 687. The van der Waals surface area contributed by atoms with Crippen molar-refractivity contribution in [1.29, 1.82) is 0 Å². The van der Waals surface area contributed by atoms with Crippen LogP contribution in [0.25, 0.3) is 0 Å². The predicted molar refractivity (Wildman–Crippen MR) is 76.9 cm³/mol. The van der Waals surface area contributed by atoms with E-state index < -0.39 is 23.4 Å². The fraction of sp³-hybridized carbons (Fsp3) is 0.312. The molecule has 0 aliphatic rings. The molecule has 22 heavy (non-hydrogen) atoms. The van der Waals surface area contributed by atoms with E-state index >= 15 is 0 Å². The molecule has 1 aromatic heterocycles. The number of nitrogens with one attached hydrogen (secondary N) is 1. The van der Waals surface area contributed by atoms with E-state index in [0.29, 0.717) is 5.69 Å². The minimum atomic E-state index is -4.71. The Labute approximate surface area is 126 Å². The summed E-state index contributed by atoms with van der Waals surface area (Å²) in [7, 11) is 0. The largest absolute Gasteiger partial charge is 0.456 e. The summed E-state index contributed by atoms with van der Waals surface area (Å²) < 4.78 is 43.2. The SMILES string of the molecule is Cc1cc(C(=O)Nc2cccc(C(C)C)c2)c(C(F)(F)F)o1. The molecule has 2 aromatic rings. The fourth-order valence-electron chi connectivity index (χ4n) is 2.07. The Balaban J connectivity index is 2.29. The van der Waals surface area contributed by atoms with E-state index in [1.807, 2.05) is 19.9 Å². The van der Waals surface area contributed by atoms with Crippen LogP contribution < -0.4 is 5.32 Å². The van der Waals surface area contributed by atoms with Crippen LogP contribution in [-0.4, -0.2) is 5.91 Å². The quantitative estimate of drug-likeness (QED) is 0.868. The minimum absolute atomic E-state index is 0.0356. The zero-order chi connectivity index (χ0) is 16.5. The van der Waals surface area contributed by atoms with Crippen LogP contribution in [-0.2, 0) is 6.18 Å². The Morgan fingerprint density at radius 2 is 1.91 bits per heavy atom. The van der Waals surface area contributed by atoms with E-state index in [9.17, 15) is 18.0 Å². The molecule has 118 valence electrons. The van der Waals surface area contributed by atoms with Crippen molar-refractivity contribution in [2.45, 2.75) is 32.9 Å². The van der Waals surface area contributed by atoms with Crippen molar-refractivity contribution < 1.29 is 22.4 Å². The number of hydrogen-bond donors (Lipinski definition) is 1. The van der Waals surface area contributed by atoms with Crippen LogP contribution >= 0.6 is 0 Å². The third kappa shape index (κ3) is 3.50. The van der Waals surface area contributed by atoms with Crippen molar-refractivity contribution >= 4 is 11.6 Å². The molecule has 0 fully saturated rings. The summed E-state index contributed by atoms with van der Waals surface area (Å²) in [6.07, 6.45) is -4.71. The highest BCUT2D eigenvalue weighted by atomic mass is 19.4. The number of carbonyl (C=O) groups excluding carboxylic acids is 1. The van der Waals surface area contributed by atoms with Crippen LogP contribution in [0.1, 0.15) is 47.2 Å². The fourth-order valence-corrected chi connectivity index (χ4v) is 2.07. The number of carbonyl (C=O) groups is 1. The summed E-state index contributed by atoms with van der Waals surface area (Å²) in [5.41, 5.74) is 0.917. The molecular formula is C16H16F3NO2. The second-order valence-corrected chi connectivity index (χ2v) is 5.33. The molecule has 0 saturated carbocycles. The number of furan rings is 1. The number of hydrogen-bond acceptors (Lipinski definition) is 2. The second kappa shape index (κ2) is 5.87. The Hall–Kier alpha value is -2.24. The summed E-state index contributed by atoms with van der Waals surface area (Å²) >= 11 is 0. The molecule has 0 saturated heterocycles. The van der Waals surface area contributed by atoms with Gasteiger partial charge in [-0.3, -0.25) is 4.79 Å². The van der Waals surface area contributed by atoms with Crippen LogP contribution in [0, 0.1) is 6.92 Å². The Morgan fingerprint density at radius 3 is 2.50 bits per heavy atom. The van der Waals surface area contributed by atoms with Gasteiger partial charge in [0, 0.05) is 5.69 Å². The van der Waals surface area contributed by atoms with Crippen LogP contribution in [0.3, 0.4) is 0 Å². The van der Waals surface area contributed by atoms with E-state index in [0.717, 1.165) is 11.6 Å². The molecular weight excluding hydrogens is 295 g/mol. The third-order valence-corrected chi connectivity index (χ3v) is 3.17. The summed E-state index contributed by atoms with van der Waals surface area (Å²) in [6.45, 7) is 5.34. The normalized spacial score (nSPS) is 11.8. The van der Waals surface area contributed by atoms with Crippen molar-refractivity contribution in [2.24, 2.45) is 0 Å². The van der Waals surface area contributed by atoms with Gasteiger partial charge in [-0.1, -0.05) is 26.0 Å². The lowest BCUT2D eigenvalue weighted by atomic mass is 10.0.